The van der Waals surface area contributed by atoms with Crippen molar-refractivity contribution in [3.8, 4) is 11.5 Å². The van der Waals surface area contributed by atoms with Crippen molar-refractivity contribution in [1.29, 1.82) is 0 Å². The standard InChI is InChI=1S/C22H35N3O4/c1-23-21(25-15-22(9-11-26)10-12-28-16-22)24-14-17-7-8-19(27-2)13-20(17)29-18-5-3-4-6-18/h7-8,13,18,26H,3-6,9-12,14-16H2,1-2H3,(H2,23,24,25). The summed E-state index contributed by atoms with van der Waals surface area (Å²) in [6.07, 6.45) is 6.67. The van der Waals surface area contributed by atoms with Crippen LogP contribution in [0.15, 0.2) is 23.2 Å². The van der Waals surface area contributed by atoms with Crippen molar-refractivity contribution in [2.75, 3.05) is 40.5 Å². The van der Waals surface area contributed by atoms with Crippen LogP contribution in [0.3, 0.4) is 0 Å². The zero-order chi connectivity index (χ0) is 20.5. The van der Waals surface area contributed by atoms with Gasteiger partial charge in [-0.25, -0.2) is 0 Å². The molecule has 1 unspecified atom stereocenters. The molecule has 0 spiro atoms. The van der Waals surface area contributed by atoms with Gasteiger partial charge in [0.1, 0.15) is 11.5 Å². The molecule has 2 aliphatic rings. The highest BCUT2D eigenvalue weighted by Crippen LogP contribution is 2.32. The molecule has 7 heteroatoms. The molecule has 7 nitrogen and oxygen atoms in total. The molecule has 3 N–H and O–H groups in total. The molecule has 1 aromatic rings. The maximum atomic E-state index is 9.40. The molecule has 29 heavy (non-hydrogen) atoms. The maximum Gasteiger partial charge on any atom is 0.191 e. The van der Waals surface area contributed by atoms with Gasteiger partial charge in [-0.1, -0.05) is 0 Å². The summed E-state index contributed by atoms with van der Waals surface area (Å²) in [7, 11) is 3.44. The molecule has 0 aromatic heterocycles. The lowest BCUT2D eigenvalue weighted by atomic mass is 9.84. The van der Waals surface area contributed by atoms with E-state index in [-0.39, 0.29) is 12.0 Å². The Labute approximate surface area is 173 Å². The Hall–Kier alpha value is -1.99. The number of hydrogen-bond donors (Lipinski definition) is 3. The summed E-state index contributed by atoms with van der Waals surface area (Å²) in [5.74, 6) is 2.41. The Kier molecular flexibility index (Phi) is 8.00. The molecule has 1 aliphatic heterocycles. The summed E-state index contributed by atoms with van der Waals surface area (Å²) in [6, 6.07) is 5.97. The van der Waals surface area contributed by atoms with Crippen LogP contribution in [0.5, 0.6) is 11.5 Å². The van der Waals surface area contributed by atoms with Gasteiger partial charge in [0.2, 0.25) is 0 Å². The third-order valence-electron chi connectivity index (χ3n) is 6.00. The van der Waals surface area contributed by atoms with Gasteiger partial charge in [0.05, 0.1) is 19.8 Å². The van der Waals surface area contributed by atoms with Crippen LogP contribution in [0.4, 0.5) is 0 Å². The molecule has 2 fully saturated rings. The van der Waals surface area contributed by atoms with Crippen molar-refractivity contribution in [2.45, 2.75) is 51.2 Å². The Balaban J connectivity index is 1.59. The van der Waals surface area contributed by atoms with Gasteiger partial charge in [-0.2, -0.15) is 0 Å². The summed E-state index contributed by atoms with van der Waals surface area (Å²) in [4.78, 5) is 4.35. The van der Waals surface area contributed by atoms with Gasteiger partial charge in [-0.3, -0.25) is 4.99 Å². The van der Waals surface area contributed by atoms with Crippen LogP contribution in [0, 0.1) is 5.41 Å². The van der Waals surface area contributed by atoms with Crippen LogP contribution >= 0.6 is 0 Å². The lowest BCUT2D eigenvalue weighted by Crippen LogP contribution is -2.44. The minimum Gasteiger partial charge on any atom is -0.497 e. The summed E-state index contributed by atoms with van der Waals surface area (Å²) < 4.78 is 17.2. The topological polar surface area (TPSA) is 84.3 Å². The Bertz CT molecular complexity index is 668. The molecule has 1 aromatic carbocycles. The lowest BCUT2D eigenvalue weighted by Gasteiger charge is -2.27. The van der Waals surface area contributed by atoms with Crippen molar-refractivity contribution in [1.82, 2.24) is 10.6 Å². The quantitative estimate of drug-likeness (QED) is 0.432. The van der Waals surface area contributed by atoms with Crippen LogP contribution < -0.4 is 20.1 Å². The summed E-state index contributed by atoms with van der Waals surface area (Å²) in [6.45, 7) is 2.93. The number of aliphatic imine (C=N–C) groups is 1. The number of ether oxygens (including phenoxy) is 3. The van der Waals surface area contributed by atoms with Gasteiger partial charge < -0.3 is 30.0 Å². The second-order valence-corrected chi connectivity index (χ2v) is 8.05. The second-order valence-electron chi connectivity index (χ2n) is 8.05. The number of hydrogen-bond acceptors (Lipinski definition) is 5. The minimum atomic E-state index is -0.0246. The smallest absolute Gasteiger partial charge is 0.191 e. The molecule has 1 heterocycles. The molecule has 3 rings (SSSR count). The van der Waals surface area contributed by atoms with Gasteiger partial charge in [0.25, 0.3) is 0 Å². The molecule has 1 aliphatic carbocycles. The molecule has 0 radical (unpaired) electrons. The van der Waals surface area contributed by atoms with Gasteiger partial charge in [0.15, 0.2) is 5.96 Å². The Morgan fingerprint density at radius 2 is 2.14 bits per heavy atom. The zero-order valence-corrected chi connectivity index (χ0v) is 17.7. The first kappa shape index (κ1) is 21.7. The van der Waals surface area contributed by atoms with Crippen molar-refractivity contribution in [3.05, 3.63) is 23.8 Å². The molecule has 1 atom stereocenters. The van der Waals surface area contributed by atoms with E-state index in [0.717, 1.165) is 61.9 Å². The number of guanidine groups is 1. The third-order valence-corrected chi connectivity index (χ3v) is 6.00. The van der Waals surface area contributed by atoms with E-state index in [1.54, 1.807) is 14.2 Å². The van der Waals surface area contributed by atoms with Crippen LogP contribution in [-0.2, 0) is 11.3 Å². The normalized spacial score (nSPS) is 22.7. The highest BCUT2D eigenvalue weighted by molar-refractivity contribution is 5.79. The van der Waals surface area contributed by atoms with E-state index in [2.05, 4.69) is 15.6 Å². The third kappa shape index (κ3) is 6.00. The lowest BCUT2D eigenvalue weighted by molar-refractivity contribution is 0.127. The van der Waals surface area contributed by atoms with Crippen molar-refractivity contribution in [2.24, 2.45) is 10.4 Å². The molecule has 162 valence electrons. The monoisotopic (exact) mass is 405 g/mol. The van der Waals surface area contributed by atoms with Crippen LogP contribution in [0.2, 0.25) is 0 Å². The van der Waals surface area contributed by atoms with E-state index in [4.69, 9.17) is 14.2 Å². The fourth-order valence-corrected chi connectivity index (χ4v) is 4.09. The van der Waals surface area contributed by atoms with E-state index < -0.39 is 0 Å². The van der Waals surface area contributed by atoms with E-state index in [9.17, 15) is 5.11 Å². The first-order chi connectivity index (χ1) is 14.2. The summed E-state index contributed by atoms with van der Waals surface area (Å²) >= 11 is 0. The minimum absolute atomic E-state index is 0.0246. The average Bonchev–Trinajstić information content (AvgIpc) is 3.42. The SMILES string of the molecule is CN=C(NCc1ccc(OC)cc1OC1CCCC1)NCC1(CCO)CCOC1. The maximum absolute atomic E-state index is 9.40. The predicted octanol–water partition coefficient (Wildman–Crippen LogP) is 2.47. The van der Waals surface area contributed by atoms with Crippen molar-refractivity contribution in [3.63, 3.8) is 0 Å². The number of benzene rings is 1. The molecular formula is C22H35N3O4. The van der Waals surface area contributed by atoms with E-state index in [1.807, 2.05) is 18.2 Å². The van der Waals surface area contributed by atoms with Crippen molar-refractivity contribution >= 4 is 5.96 Å². The number of nitrogens with zero attached hydrogens (tertiary/aromatic N) is 1. The fraction of sp³-hybridized carbons (Fsp3) is 0.682. The highest BCUT2D eigenvalue weighted by Gasteiger charge is 2.34. The van der Waals surface area contributed by atoms with Crippen LogP contribution in [0.1, 0.15) is 44.1 Å². The van der Waals surface area contributed by atoms with Gasteiger partial charge in [0, 0.05) is 50.4 Å². The Morgan fingerprint density at radius 1 is 1.31 bits per heavy atom. The highest BCUT2D eigenvalue weighted by atomic mass is 16.5. The number of aliphatic hydroxyl groups is 1. The molecule has 0 bridgehead atoms. The van der Waals surface area contributed by atoms with Crippen molar-refractivity contribution < 1.29 is 19.3 Å². The molecular weight excluding hydrogens is 370 g/mol. The zero-order valence-electron chi connectivity index (χ0n) is 17.7. The van der Waals surface area contributed by atoms with Crippen LogP contribution in [0.25, 0.3) is 0 Å². The summed E-state index contributed by atoms with van der Waals surface area (Å²) in [5.41, 5.74) is 1.05. The van der Waals surface area contributed by atoms with E-state index in [1.165, 1.54) is 12.8 Å². The number of nitrogens with one attached hydrogen (secondary N) is 2. The predicted molar refractivity (Wildman–Crippen MR) is 114 cm³/mol. The fourth-order valence-electron chi connectivity index (χ4n) is 4.09. The average molecular weight is 406 g/mol. The number of rotatable bonds is 9. The molecule has 0 amide bonds. The first-order valence-electron chi connectivity index (χ1n) is 10.6. The Morgan fingerprint density at radius 3 is 2.79 bits per heavy atom. The summed E-state index contributed by atoms with van der Waals surface area (Å²) in [5, 5.41) is 16.2. The number of aliphatic hydroxyl groups excluding tert-OH is 1. The number of methoxy groups -OCH3 is 1. The largest absolute Gasteiger partial charge is 0.497 e. The molecule has 1 saturated heterocycles. The van der Waals surface area contributed by atoms with E-state index >= 15 is 0 Å². The van der Waals surface area contributed by atoms with Gasteiger partial charge in [-0.05, 0) is 50.7 Å². The molecule has 1 saturated carbocycles. The van der Waals surface area contributed by atoms with Gasteiger partial charge in [-0.15, -0.1) is 0 Å². The van der Waals surface area contributed by atoms with E-state index in [0.29, 0.717) is 19.3 Å². The van der Waals surface area contributed by atoms with Crippen LogP contribution in [-0.4, -0.2) is 57.7 Å². The second kappa shape index (κ2) is 10.7. The van der Waals surface area contributed by atoms with Gasteiger partial charge >= 0.3 is 0 Å². The first-order valence-corrected chi connectivity index (χ1v) is 10.6.